The van der Waals surface area contributed by atoms with Gasteiger partial charge in [0.05, 0.1) is 5.56 Å². The predicted octanol–water partition coefficient (Wildman–Crippen LogP) is 3.59. The summed E-state index contributed by atoms with van der Waals surface area (Å²) in [6.07, 6.45) is -1.76. The number of hydrogen-bond donors (Lipinski definition) is 1. The minimum absolute atomic E-state index is 0.185. The fourth-order valence-electron chi connectivity index (χ4n) is 2.97. The van der Waals surface area contributed by atoms with Crippen molar-refractivity contribution in [3.8, 4) is 0 Å². The highest BCUT2D eigenvalue weighted by Gasteiger charge is 2.30. The van der Waals surface area contributed by atoms with Crippen LogP contribution in [0, 0.1) is 13.8 Å². The first-order chi connectivity index (χ1) is 11.8. The Bertz CT molecular complexity index is 702. The van der Waals surface area contributed by atoms with Gasteiger partial charge in [-0.3, -0.25) is 0 Å². The molecule has 3 rings (SSSR count). The smallest absolute Gasteiger partial charge is 0.367 e. The molecule has 0 spiro atoms. The summed E-state index contributed by atoms with van der Waals surface area (Å²) in [7, 11) is 0. The van der Waals surface area contributed by atoms with Crippen LogP contribution in [0.4, 0.5) is 24.8 Å². The third kappa shape index (κ3) is 4.37. The van der Waals surface area contributed by atoms with Crippen molar-refractivity contribution in [3.63, 3.8) is 0 Å². The van der Waals surface area contributed by atoms with Crippen LogP contribution < -0.4 is 10.2 Å². The molecular weight excluding hydrogens is 331 g/mol. The van der Waals surface area contributed by atoms with Gasteiger partial charge in [0.15, 0.2) is 0 Å². The lowest BCUT2D eigenvalue weighted by atomic mass is 10.0. The average molecular weight is 351 g/mol. The van der Waals surface area contributed by atoms with Gasteiger partial charge in [-0.25, -0.2) is 15.0 Å². The van der Waals surface area contributed by atoms with E-state index in [1.807, 2.05) is 19.9 Å². The molecule has 0 aliphatic carbocycles. The molecule has 1 aliphatic heterocycles. The highest BCUT2D eigenvalue weighted by atomic mass is 19.4. The van der Waals surface area contributed by atoms with Crippen molar-refractivity contribution in [2.24, 2.45) is 0 Å². The number of halogens is 3. The largest absolute Gasteiger partial charge is 0.417 e. The van der Waals surface area contributed by atoms with Gasteiger partial charge in [0, 0.05) is 37.1 Å². The van der Waals surface area contributed by atoms with E-state index in [9.17, 15) is 13.2 Å². The number of piperidine rings is 1. The molecule has 25 heavy (non-hydrogen) atoms. The average Bonchev–Trinajstić information content (AvgIpc) is 2.54. The Balaban J connectivity index is 1.57. The van der Waals surface area contributed by atoms with Crippen molar-refractivity contribution >= 4 is 11.6 Å². The van der Waals surface area contributed by atoms with Crippen molar-refractivity contribution in [1.82, 2.24) is 15.0 Å². The predicted molar refractivity (Wildman–Crippen MR) is 89.6 cm³/mol. The molecule has 1 saturated heterocycles. The molecule has 0 aromatic carbocycles. The van der Waals surface area contributed by atoms with Crippen molar-refractivity contribution < 1.29 is 13.2 Å². The minimum Gasteiger partial charge on any atom is -0.367 e. The molecule has 1 N–H and O–H groups in total. The Morgan fingerprint density at radius 1 is 1.12 bits per heavy atom. The van der Waals surface area contributed by atoms with Crippen LogP contribution in [0.5, 0.6) is 0 Å². The first-order valence-corrected chi connectivity index (χ1v) is 8.18. The third-order valence-electron chi connectivity index (χ3n) is 4.21. The van der Waals surface area contributed by atoms with Gasteiger partial charge < -0.3 is 10.2 Å². The highest BCUT2D eigenvalue weighted by molar-refractivity contribution is 5.42. The molecule has 0 bridgehead atoms. The molecule has 134 valence electrons. The lowest BCUT2D eigenvalue weighted by Gasteiger charge is -2.33. The van der Waals surface area contributed by atoms with Crippen molar-refractivity contribution in [1.29, 1.82) is 0 Å². The maximum Gasteiger partial charge on any atom is 0.417 e. The maximum atomic E-state index is 12.6. The van der Waals surface area contributed by atoms with Gasteiger partial charge in [0.25, 0.3) is 0 Å². The summed E-state index contributed by atoms with van der Waals surface area (Å²) in [4.78, 5) is 14.8. The quantitative estimate of drug-likeness (QED) is 0.916. The van der Waals surface area contributed by atoms with E-state index in [2.05, 4.69) is 25.2 Å². The van der Waals surface area contributed by atoms with Gasteiger partial charge in [-0.1, -0.05) is 0 Å². The SMILES string of the molecule is Cc1cc(N2CCC(Nc3ccc(C(F)(F)F)cn3)CC2)nc(C)n1. The van der Waals surface area contributed by atoms with Crippen molar-refractivity contribution in [2.45, 2.75) is 38.9 Å². The van der Waals surface area contributed by atoms with Gasteiger partial charge in [-0.05, 0) is 38.8 Å². The zero-order valence-corrected chi connectivity index (χ0v) is 14.1. The standard InChI is InChI=1S/C17H20F3N5/c1-11-9-16(23-12(2)22-11)25-7-5-14(6-8-25)24-15-4-3-13(10-21-15)17(18,19)20/h3-4,9-10,14H,5-8H2,1-2H3,(H,21,24). The van der Waals surface area contributed by atoms with Crippen LogP contribution in [0.25, 0.3) is 0 Å². The zero-order chi connectivity index (χ0) is 18.0. The van der Waals surface area contributed by atoms with Crippen LogP contribution >= 0.6 is 0 Å². The number of aromatic nitrogens is 3. The van der Waals surface area contributed by atoms with Gasteiger partial charge in [-0.15, -0.1) is 0 Å². The number of nitrogens with zero attached hydrogens (tertiary/aromatic N) is 4. The number of hydrogen-bond acceptors (Lipinski definition) is 5. The molecule has 0 saturated carbocycles. The second kappa shape index (κ2) is 6.85. The topological polar surface area (TPSA) is 53.9 Å². The van der Waals surface area contributed by atoms with Gasteiger partial charge >= 0.3 is 6.18 Å². The number of anilines is 2. The van der Waals surface area contributed by atoms with E-state index < -0.39 is 11.7 Å². The number of pyridine rings is 1. The van der Waals surface area contributed by atoms with E-state index in [0.717, 1.165) is 55.5 Å². The van der Waals surface area contributed by atoms with Gasteiger partial charge in [0.2, 0.25) is 0 Å². The van der Waals surface area contributed by atoms with E-state index in [1.165, 1.54) is 6.07 Å². The summed E-state index contributed by atoms with van der Waals surface area (Å²) in [6, 6.07) is 4.59. The molecular formula is C17H20F3N5. The number of alkyl halides is 3. The van der Waals surface area contributed by atoms with Gasteiger partial charge in [-0.2, -0.15) is 13.2 Å². The number of aryl methyl sites for hydroxylation is 2. The van der Waals surface area contributed by atoms with E-state index >= 15 is 0 Å². The van der Waals surface area contributed by atoms with Crippen molar-refractivity contribution in [2.75, 3.05) is 23.3 Å². The summed E-state index contributed by atoms with van der Waals surface area (Å²) < 4.78 is 37.7. The van der Waals surface area contributed by atoms with E-state index in [1.54, 1.807) is 0 Å². The normalized spacial score (nSPS) is 16.1. The first-order valence-electron chi connectivity index (χ1n) is 8.18. The summed E-state index contributed by atoms with van der Waals surface area (Å²) >= 11 is 0. The Morgan fingerprint density at radius 2 is 1.84 bits per heavy atom. The highest BCUT2D eigenvalue weighted by Crippen LogP contribution is 2.29. The summed E-state index contributed by atoms with van der Waals surface area (Å²) in [6.45, 7) is 5.48. The van der Waals surface area contributed by atoms with E-state index in [4.69, 9.17) is 0 Å². The van der Waals surface area contributed by atoms with Crippen molar-refractivity contribution in [3.05, 3.63) is 41.5 Å². The minimum atomic E-state index is -4.36. The Labute approximate surface area is 144 Å². The van der Waals surface area contributed by atoms with Crippen LogP contribution in [0.2, 0.25) is 0 Å². The summed E-state index contributed by atoms with van der Waals surface area (Å²) in [5, 5.41) is 3.22. The molecule has 0 atom stereocenters. The second-order valence-electron chi connectivity index (χ2n) is 6.25. The van der Waals surface area contributed by atoms with Crippen LogP contribution in [0.3, 0.4) is 0 Å². The van der Waals surface area contributed by atoms with Crippen LogP contribution in [0.15, 0.2) is 24.4 Å². The Kier molecular flexibility index (Phi) is 4.78. The number of rotatable bonds is 3. The Morgan fingerprint density at radius 3 is 2.40 bits per heavy atom. The maximum absolute atomic E-state index is 12.6. The third-order valence-corrected chi connectivity index (χ3v) is 4.21. The molecule has 1 fully saturated rings. The summed E-state index contributed by atoms with van der Waals surface area (Å²) in [5.74, 6) is 2.15. The van der Waals surface area contributed by atoms with Crippen LogP contribution in [-0.4, -0.2) is 34.1 Å². The molecule has 8 heteroatoms. The van der Waals surface area contributed by atoms with Gasteiger partial charge in [0.1, 0.15) is 17.5 Å². The molecule has 1 aliphatic rings. The molecule has 5 nitrogen and oxygen atoms in total. The lowest BCUT2D eigenvalue weighted by Crippen LogP contribution is -2.39. The lowest BCUT2D eigenvalue weighted by molar-refractivity contribution is -0.137. The molecule has 2 aromatic heterocycles. The van der Waals surface area contributed by atoms with E-state index in [0.29, 0.717) is 5.82 Å². The second-order valence-corrected chi connectivity index (χ2v) is 6.25. The molecule has 0 amide bonds. The number of nitrogens with one attached hydrogen (secondary N) is 1. The fraction of sp³-hybridized carbons (Fsp3) is 0.471. The zero-order valence-electron chi connectivity index (χ0n) is 14.1. The van der Waals surface area contributed by atoms with E-state index in [-0.39, 0.29) is 6.04 Å². The molecule has 3 heterocycles. The Hall–Kier alpha value is -2.38. The molecule has 2 aromatic rings. The van der Waals surface area contributed by atoms with Crippen LogP contribution in [-0.2, 0) is 6.18 Å². The summed E-state index contributed by atoms with van der Waals surface area (Å²) in [5.41, 5.74) is 0.207. The monoisotopic (exact) mass is 351 g/mol. The molecule has 0 unspecified atom stereocenters. The fourth-order valence-corrected chi connectivity index (χ4v) is 2.97. The van der Waals surface area contributed by atoms with Crippen LogP contribution in [0.1, 0.15) is 29.9 Å². The molecule has 0 radical (unpaired) electrons. The first kappa shape index (κ1) is 17.4.